The van der Waals surface area contributed by atoms with Gasteiger partial charge in [-0.1, -0.05) is 0 Å². The van der Waals surface area contributed by atoms with E-state index < -0.39 is 0 Å². The summed E-state index contributed by atoms with van der Waals surface area (Å²) in [4.78, 5) is 0. The summed E-state index contributed by atoms with van der Waals surface area (Å²) >= 11 is 0. The predicted octanol–water partition coefficient (Wildman–Crippen LogP) is 0.747. The average molecular weight is 265 g/mol. The lowest BCUT2D eigenvalue weighted by atomic mass is 9.78. The van der Waals surface area contributed by atoms with Gasteiger partial charge in [0.2, 0.25) is 0 Å². The Balaban J connectivity index is 1.61. The molecule has 1 aromatic rings. The number of nitrogens with zero attached hydrogens (tertiary/aromatic N) is 2. The molecule has 2 aliphatic rings. The van der Waals surface area contributed by atoms with Crippen LogP contribution in [0, 0.1) is 12.8 Å². The summed E-state index contributed by atoms with van der Waals surface area (Å²) in [5, 5.41) is 18.0. The maximum Gasteiger partial charge on any atom is 0.0817 e. The number of fused-ring (bicyclic) bond motifs is 2. The fraction of sp³-hybridized carbons (Fsp3) is 0.786. The molecule has 19 heavy (non-hydrogen) atoms. The third-order valence-corrected chi connectivity index (χ3v) is 4.49. The lowest BCUT2D eigenvalue weighted by Crippen LogP contribution is -2.52. The van der Waals surface area contributed by atoms with E-state index in [0.717, 1.165) is 31.5 Å². The van der Waals surface area contributed by atoms with E-state index in [9.17, 15) is 5.11 Å². The van der Waals surface area contributed by atoms with Crippen molar-refractivity contribution < 1.29 is 9.84 Å². The van der Waals surface area contributed by atoms with Crippen LogP contribution in [0.2, 0.25) is 0 Å². The van der Waals surface area contributed by atoms with Gasteiger partial charge in [0.05, 0.1) is 30.2 Å². The van der Waals surface area contributed by atoms with Crippen LogP contribution in [0.5, 0.6) is 0 Å². The largest absolute Gasteiger partial charge is 0.390 e. The van der Waals surface area contributed by atoms with Crippen LogP contribution >= 0.6 is 0 Å². The molecule has 4 atom stereocenters. The van der Waals surface area contributed by atoms with Crippen molar-refractivity contribution in [1.29, 1.82) is 0 Å². The summed E-state index contributed by atoms with van der Waals surface area (Å²) in [6.45, 7) is 3.33. The zero-order valence-electron chi connectivity index (χ0n) is 11.7. The molecule has 1 aromatic heterocycles. The van der Waals surface area contributed by atoms with Crippen molar-refractivity contribution in [3.05, 3.63) is 17.5 Å². The first kappa shape index (κ1) is 13.1. The normalized spacial score (nSPS) is 34.5. The minimum absolute atomic E-state index is 0.317. The smallest absolute Gasteiger partial charge is 0.0817 e. The van der Waals surface area contributed by atoms with Crippen molar-refractivity contribution in [3.8, 4) is 0 Å². The number of hydrogen-bond acceptors (Lipinski definition) is 4. The topological polar surface area (TPSA) is 59.3 Å². The second kappa shape index (κ2) is 5.23. The minimum Gasteiger partial charge on any atom is -0.390 e. The van der Waals surface area contributed by atoms with Crippen LogP contribution in [0.3, 0.4) is 0 Å². The van der Waals surface area contributed by atoms with E-state index in [1.165, 1.54) is 5.69 Å². The van der Waals surface area contributed by atoms with Crippen LogP contribution in [0.25, 0.3) is 0 Å². The lowest BCUT2D eigenvalue weighted by molar-refractivity contribution is -0.118. The molecule has 2 N–H and O–H groups in total. The maximum atomic E-state index is 10.1. The van der Waals surface area contributed by atoms with Gasteiger partial charge in [-0.05, 0) is 32.3 Å². The molecule has 2 heterocycles. The van der Waals surface area contributed by atoms with Crippen molar-refractivity contribution in [2.45, 2.75) is 51.0 Å². The summed E-state index contributed by atoms with van der Waals surface area (Å²) in [6.07, 6.45) is 3.23. The molecule has 3 rings (SSSR count). The van der Waals surface area contributed by atoms with Gasteiger partial charge in [0, 0.05) is 25.6 Å². The highest BCUT2D eigenvalue weighted by atomic mass is 16.5. The van der Waals surface area contributed by atoms with E-state index in [1.54, 1.807) is 0 Å². The molecule has 1 saturated heterocycles. The Labute approximate surface area is 113 Å². The quantitative estimate of drug-likeness (QED) is 0.846. The van der Waals surface area contributed by atoms with Crippen LogP contribution in [-0.2, 0) is 18.3 Å². The number of hydrogen-bond donors (Lipinski definition) is 2. The Kier molecular flexibility index (Phi) is 3.60. The van der Waals surface area contributed by atoms with E-state index in [0.29, 0.717) is 24.7 Å². The molecular weight excluding hydrogens is 242 g/mol. The Bertz CT molecular complexity index is 446. The van der Waals surface area contributed by atoms with Crippen LogP contribution in [0.4, 0.5) is 0 Å². The number of nitrogens with one attached hydrogen (secondary N) is 1. The number of ether oxygens (including phenoxy) is 1. The Morgan fingerprint density at radius 2 is 2.37 bits per heavy atom. The molecule has 0 amide bonds. The Morgan fingerprint density at radius 3 is 3.11 bits per heavy atom. The summed E-state index contributed by atoms with van der Waals surface area (Å²) in [7, 11) is 1.98. The van der Waals surface area contributed by atoms with E-state index >= 15 is 0 Å². The highest BCUT2D eigenvalue weighted by Crippen LogP contribution is 2.33. The summed E-state index contributed by atoms with van der Waals surface area (Å²) in [6, 6.07) is 2.50. The number of aliphatic hydroxyl groups is 1. The van der Waals surface area contributed by atoms with E-state index in [2.05, 4.69) is 16.5 Å². The van der Waals surface area contributed by atoms with Crippen molar-refractivity contribution in [3.63, 3.8) is 0 Å². The molecule has 5 nitrogen and oxygen atoms in total. The molecule has 1 aliphatic carbocycles. The standard InChI is InChI=1S/C14H23N3O2/c1-9-5-10(17(2)16-9)7-15-13-4-3-11-6-12(13)14(18)8-19-11/h5,11-15,18H,3-4,6-8H2,1-2H3/t11-,12+,13-,14+/m1/s1. The summed E-state index contributed by atoms with van der Waals surface area (Å²) in [5.41, 5.74) is 2.25. The fourth-order valence-electron chi connectivity index (χ4n) is 3.42. The lowest BCUT2D eigenvalue weighted by Gasteiger charge is -2.43. The van der Waals surface area contributed by atoms with Gasteiger partial charge in [0.15, 0.2) is 0 Å². The Hall–Kier alpha value is -0.910. The molecule has 0 spiro atoms. The summed E-state index contributed by atoms with van der Waals surface area (Å²) in [5.74, 6) is 0.335. The Morgan fingerprint density at radius 1 is 1.53 bits per heavy atom. The molecule has 0 aromatic carbocycles. The van der Waals surface area contributed by atoms with Gasteiger partial charge in [-0.15, -0.1) is 0 Å². The third kappa shape index (κ3) is 2.68. The predicted molar refractivity (Wildman–Crippen MR) is 71.7 cm³/mol. The van der Waals surface area contributed by atoms with Crippen LogP contribution < -0.4 is 5.32 Å². The van der Waals surface area contributed by atoms with Crippen LogP contribution in [0.1, 0.15) is 30.7 Å². The van der Waals surface area contributed by atoms with Gasteiger partial charge < -0.3 is 15.2 Å². The minimum atomic E-state index is -0.317. The zero-order chi connectivity index (χ0) is 13.4. The van der Waals surface area contributed by atoms with Crippen molar-refractivity contribution in [2.75, 3.05) is 6.61 Å². The number of aryl methyl sites for hydroxylation is 2. The molecule has 0 radical (unpaired) electrons. The number of aromatic nitrogens is 2. The van der Waals surface area contributed by atoms with Gasteiger partial charge in [-0.2, -0.15) is 5.10 Å². The average Bonchev–Trinajstić information content (AvgIpc) is 2.71. The molecule has 1 saturated carbocycles. The van der Waals surface area contributed by atoms with E-state index in [1.807, 2.05) is 18.7 Å². The first-order chi connectivity index (χ1) is 9.13. The summed E-state index contributed by atoms with van der Waals surface area (Å²) < 4.78 is 7.53. The number of rotatable bonds is 3. The molecule has 0 unspecified atom stereocenters. The molecule has 2 fully saturated rings. The molecule has 106 valence electrons. The first-order valence-corrected chi connectivity index (χ1v) is 7.16. The maximum absolute atomic E-state index is 10.1. The third-order valence-electron chi connectivity index (χ3n) is 4.49. The second-order valence-electron chi connectivity index (χ2n) is 5.89. The zero-order valence-corrected chi connectivity index (χ0v) is 11.7. The SMILES string of the molecule is Cc1cc(CN[C@@H]2CC[C@@H]3C[C@@H]2[C@@H](O)CO3)n(C)n1. The monoisotopic (exact) mass is 265 g/mol. The highest BCUT2D eigenvalue weighted by Gasteiger charge is 2.39. The van der Waals surface area contributed by atoms with E-state index in [4.69, 9.17) is 4.74 Å². The molecular formula is C14H23N3O2. The van der Waals surface area contributed by atoms with Gasteiger partial charge >= 0.3 is 0 Å². The first-order valence-electron chi connectivity index (χ1n) is 7.16. The molecule has 2 bridgehead atoms. The van der Waals surface area contributed by atoms with Gasteiger partial charge in [-0.3, -0.25) is 4.68 Å². The van der Waals surface area contributed by atoms with Crippen molar-refractivity contribution >= 4 is 0 Å². The van der Waals surface area contributed by atoms with Gasteiger partial charge in [-0.25, -0.2) is 0 Å². The van der Waals surface area contributed by atoms with E-state index in [-0.39, 0.29) is 6.10 Å². The second-order valence-corrected chi connectivity index (χ2v) is 5.89. The fourth-order valence-corrected chi connectivity index (χ4v) is 3.42. The highest BCUT2D eigenvalue weighted by molar-refractivity contribution is 5.08. The van der Waals surface area contributed by atoms with Crippen LogP contribution in [-0.4, -0.2) is 39.7 Å². The molecule has 1 aliphatic heterocycles. The van der Waals surface area contributed by atoms with Crippen LogP contribution in [0.15, 0.2) is 6.07 Å². The van der Waals surface area contributed by atoms with Gasteiger partial charge in [0.1, 0.15) is 0 Å². The molecule has 5 heteroatoms. The van der Waals surface area contributed by atoms with Crippen molar-refractivity contribution in [1.82, 2.24) is 15.1 Å². The van der Waals surface area contributed by atoms with Crippen molar-refractivity contribution in [2.24, 2.45) is 13.0 Å². The number of aliphatic hydroxyl groups excluding tert-OH is 1. The van der Waals surface area contributed by atoms with Gasteiger partial charge in [0.25, 0.3) is 0 Å².